The molecule has 7 aromatic rings. The monoisotopic (exact) mass is 687 g/mol. The molecule has 0 aliphatic carbocycles. The summed E-state index contributed by atoms with van der Waals surface area (Å²) in [4.78, 5) is 35.3. The summed E-state index contributed by atoms with van der Waals surface area (Å²) >= 11 is 0. The second-order valence-corrected chi connectivity index (χ2v) is 13.1. The number of aromatic nitrogens is 6. The Morgan fingerprint density at radius 2 is 0.725 bits per heavy atom. The van der Waals surface area contributed by atoms with E-state index in [4.69, 9.17) is 0 Å². The van der Waals surface area contributed by atoms with Crippen molar-refractivity contribution in [2.75, 3.05) is 0 Å². The molecule has 0 spiro atoms. The number of hydrogen-bond donors (Lipinski definition) is 3. The molecule has 0 saturated carbocycles. The third-order valence-electron chi connectivity index (χ3n) is 9.96. The maximum atomic E-state index is 11.8. The van der Waals surface area contributed by atoms with Gasteiger partial charge in [-0.1, -0.05) is 36.4 Å². The van der Waals surface area contributed by atoms with Gasteiger partial charge in [0.25, 0.3) is 0 Å². The number of hydrogen-bond acceptors (Lipinski definition) is 3. The van der Waals surface area contributed by atoms with E-state index in [0.717, 1.165) is 66.5 Å². The van der Waals surface area contributed by atoms with Gasteiger partial charge in [0.15, 0.2) is 52.7 Å². The fourth-order valence-electron chi connectivity index (χ4n) is 7.53. The molecule has 4 aromatic carbocycles. The summed E-state index contributed by atoms with van der Waals surface area (Å²) in [5, 5.41) is 28.9. The normalized spacial score (nSPS) is 11.6. The van der Waals surface area contributed by atoms with Crippen molar-refractivity contribution in [1.29, 1.82) is 0 Å². The highest BCUT2D eigenvalue weighted by Crippen LogP contribution is 2.29. The Hall–Kier alpha value is -6.30. The van der Waals surface area contributed by atoms with Crippen LogP contribution in [0.4, 0.5) is 0 Å². The third kappa shape index (κ3) is 6.20. The lowest BCUT2D eigenvalue weighted by molar-refractivity contribution is -0.665. The molecule has 0 atom stereocenters. The molecule has 3 heterocycles. The number of benzene rings is 4. The van der Waals surface area contributed by atoms with E-state index in [2.05, 4.69) is 34.5 Å². The summed E-state index contributed by atoms with van der Waals surface area (Å²) in [6.07, 6.45) is 5.58. The first-order chi connectivity index (χ1) is 24.5. The minimum atomic E-state index is -0.923. The first-order valence-corrected chi connectivity index (χ1v) is 16.7. The molecule has 3 aromatic heterocycles. The van der Waals surface area contributed by atoms with Crippen molar-refractivity contribution in [3.05, 3.63) is 125 Å². The quantitative estimate of drug-likeness (QED) is 0.168. The molecule has 3 N–H and O–H groups in total. The van der Waals surface area contributed by atoms with Crippen molar-refractivity contribution in [2.45, 2.75) is 60.0 Å². The summed E-state index contributed by atoms with van der Waals surface area (Å²) < 4.78 is 11.5. The molecule has 0 radical (unpaired) electrons. The van der Waals surface area contributed by atoms with Crippen LogP contribution in [0, 0.1) is 20.8 Å². The molecule has 0 fully saturated rings. The van der Waals surface area contributed by atoms with Crippen molar-refractivity contribution >= 4 is 51.0 Å². The number of carboxylic acid groups (broad SMARTS) is 3. The van der Waals surface area contributed by atoms with Gasteiger partial charge < -0.3 is 15.3 Å². The van der Waals surface area contributed by atoms with E-state index >= 15 is 0 Å². The SMILES string of the molecule is Cc1c(C[n+]2cn(CC(=O)O)c3ccccc32)c(C)c(C[n+]2cn(CC(=O)O)c3ccccc32)c(C)c1C[n+]1cn(CC(=O)O)c2ccccc21. The molecule has 0 bridgehead atoms. The smallest absolute Gasteiger partial charge is 0.346 e. The zero-order valence-electron chi connectivity index (χ0n) is 28.7. The highest BCUT2D eigenvalue weighted by Gasteiger charge is 2.27. The second kappa shape index (κ2) is 13.2. The fraction of sp³-hybridized carbons (Fsp3) is 0.231. The molecular formula is C39H39N6O6+3. The highest BCUT2D eigenvalue weighted by atomic mass is 16.4. The average molecular weight is 688 g/mol. The van der Waals surface area contributed by atoms with Gasteiger partial charge in [-0.05, 0) is 73.9 Å². The molecule has 0 amide bonds. The van der Waals surface area contributed by atoms with Crippen LogP contribution in [-0.2, 0) is 53.7 Å². The molecule has 7 rings (SSSR count). The van der Waals surface area contributed by atoms with Crippen LogP contribution in [0.15, 0.2) is 91.8 Å². The van der Waals surface area contributed by atoms with Crippen LogP contribution in [0.3, 0.4) is 0 Å². The Bertz CT molecular complexity index is 2230. The lowest BCUT2D eigenvalue weighted by Crippen LogP contribution is -2.38. The van der Waals surface area contributed by atoms with Crippen LogP contribution in [0.5, 0.6) is 0 Å². The molecule has 0 saturated heterocycles. The number of carboxylic acids is 3. The summed E-state index contributed by atoms with van der Waals surface area (Å²) in [7, 11) is 0. The van der Waals surface area contributed by atoms with Crippen LogP contribution >= 0.6 is 0 Å². The van der Waals surface area contributed by atoms with Crippen LogP contribution in [0.2, 0.25) is 0 Å². The van der Waals surface area contributed by atoms with Crippen LogP contribution in [-0.4, -0.2) is 46.9 Å². The number of para-hydroxylation sites is 6. The van der Waals surface area contributed by atoms with Crippen LogP contribution in [0.25, 0.3) is 33.1 Å². The molecule has 0 aliphatic heterocycles. The number of fused-ring (bicyclic) bond motifs is 3. The fourth-order valence-corrected chi connectivity index (χ4v) is 7.53. The number of carbonyl (C=O) groups is 3. The molecule has 258 valence electrons. The van der Waals surface area contributed by atoms with E-state index in [1.54, 1.807) is 13.7 Å². The summed E-state index contributed by atoms with van der Waals surface area (Å²) in [5.41, 5.74) is 11.8. The topological polar surface area (TPSA) is 138 Å². The molecule has 12 heteroatoms. The lowest BCUT2D eigenvalue weighted by Gasteiger charge is -2.20. The largest absolute Gasteiger partial charge is 0.478 e. The molecule has 0 unspecified atom stereocenters. The van der Waals surface area contributed by atoms with Gasteiger partial charge in [-0.15, -0.1) is 0 Å². The van der Waals surface area contributed by atoms with E-state index in [1.165, 1.54) is 0 Å². The lowest BCUT2D eigenvalue weighted by atomic mass is 9.87. The van der Waals surface area contributed by atoms with Crippen LogP contribution in [0.1, 0.15) is 33.4 Å². The standard InChI is InChI=1S/C39H36N6O6/c1-25-28(16-40-22-43(19-37(46)47)34-13-7-4-10-31(34)40)26(2)30(18-42-24-45(21-39(50)51)36-15-9-6-12-33(36)42)27(3)29(25)17-41-23-44(20-38(48)49)35-14-8-5-11-32(35)41/h4-15,22-24H,16-21H2,1-3H3/p+3. The van der Waals surface area contributed by atoms with E-state index in [9.17, 15) is 29.7 Å². The molecular weight excluding hydrogens is 648 g/mol. The Morgan fingerprint density at radius 1 is 0.471 bits per heavy atom. The van der Waals surface area contributed by atoms with Gasteiger partial charge in [0, 0.05) is 16.7 Å². The van der Waals surface area contributed by atoms with Gasteiger partial charge in [-0.25, -0.2) is 41.8 Å². The van der Waals surface area contributed by atoms with Gasteiger partial charge in [0.2, 0.25) is 19.0 Å². The first kappa shape index (κ1) is 33.2. The number of rotatable bonds is 12. The zero-order valence-corrected chi connectivity index (χ0v) is 28.7. The van der Waals surface area contributed by atoms with Gasteiger partial charge in [0.05, 0.1) is 0 Å². The zero-order chi connectivity index (χ0) is 36.0. The third-order valence-corrected chi connectivity index (χ3v) is 9.96. The van der Waals surface area contributed by atoms with Crippen molar-refractivity contribution < 1.29 is 43.4 Å². The predicted molar refractivity (Wildman–Crippen MR) is 187 cm³/mol. The molecule has 0 aliphatic rings. The van der Waals surface area contributed by atoms with E-state index in [-0.39, 0.29) is 19.6 Å². The Morgan fingerprint density at radius 3 is 0.980 bits per heavy atom. The van der Waals surface area contributed by atoms with Gasteiger partial charge >= 0.3 is 17.9 Å². The maximum Gasteiger partial charge on any atom is 0.346 e. The van der Waals surface area contributed by atoms with Gasteiger partial charge in [-0.3, -0.25) is 0 Å². The summed E-state index contributed by atoms with van der Waals surface area (Å²) in [6.45, 7) is 7.33. The summed E-state index contributed by atoms with van der Waals surface area (Å²) in [6, 6.07) is 23.3. The van der Waals surface area contributed by atoms with Crippen molar-refractivity contribution in [3.63, 3.8) is 0 Å². The second-order valence-electron chi connectivity index (χ2n) is 13.1. The highest BCUT2D eigenvalue weighted by molar-refractivity contribution is 5.77. The predicted octanol–water partition coefficient (Wildman–Crippen LogP) is 3.74. The first-order valence-electron chi connectivity index (χ1n) is 16.7. The van der Waals surface area contributed by atoms with Crippen molar-refractivity contribution in [3.8, 4) is 0 Å². The van der Waals surface area contributed by atoms with Gasteiger partial charge in [-0.2, -0.15) is 0 Å². The Kier molecular flexibility index (Phi) is 8.59. The van der Waals surface area contributed by atoms with Crippen LogP contribution < -0.4 is 13.7 Å². The number of aliphatic carboxylic acids is 3. The van der Waals surface area contributed by atoms with Gasteiger partial charge in [0.1, 0.15) is 19.6 Å². The van der Waals surface area contributed by atoms with E-state index in [0.29, 0.717) is 19.6 Å². The minimum Gasteiger partial charge on any atom is -0.478 e. The minimum absolute atomic E-state index is 0.163. The van der Waals surface area contributed by atoms with Crippen molar-refractivity contribution in [1.82, 2.24) is 13.7 Å². The molecule has 51 heavy (non-hydrogen) atoms. The summed E-state index contributed by atoms with van der Waals surface area (Å²) in [5.74, 6) is -2.77. The van der Waals surface area contributed by atoms with E-state index < -0.39 is 17.9 Å². The number of imidazole rings is 3. The average Bonchev–Trinajstić information content (AvgIpc) is 3.74. The maximum absolute atomic E-state index is 11.8. The van der Waals surface area contributed by atoms with Crippen molar-refractivity contribution in [2.24, 2.45) is 0 Å². The number of nitrogens with zero attached hydrogens (tertiary/aromatic N) is 6. The molecule has 12 nitrogen and oxygen atoms in total. The Labute approximate surface area is 292 Å². The Balaban J connectivity index is 1.41. The van der Waals surface area contributed by atoms with E-state index in [1.807, 2.05) is 91.8 Å².